The topological polar surface area (TPSA) is 3.24 Å². The van der Waals surface area contributed by atoms with Gasteiger partial charge in [0.15, 0.2) is 0 Å². The molecular formula is C63H53N. The molecule has 0 unspecified atom stereocenters. The van der Waals surface area contributed by atoms with Gasteiger partial charge in [-0.05, 0) is 132 Å². The molecule has 1 heteroatoms. The van der Waals surface area contributed by atoms with Crippen molar-refractivity contribution in [1.82, 2.24) is 0 Å². The van der Waals surface area contributed by atoms with Gasteiger partial charge in [0.05, 0.1) is 11.1 Å². The average molecular weight is 824 g/mol. The van der Waals surface area contributed by atoms with Crippen LogP contribution in [0.4, 0.5) is 17.1 Å². The van der Waals surface area contributed by atoms with Crippen molar-refractivity contribution in [2.75, 3.05) is 4.90 Å². The van der Waals surface area contributed by atoms with E-state index in [0.29, 0.717) is 0 Å². The van der Waals surface area contributed by atoms with Gasteiger partial charge < -0.3 is 4.90 Å². The smallest absolute Gasteiger partial charge is 0.0714 e. The van der Waals surface area contributed by atoms with Crippen LogP contribution in [0.3, 0.4) is 0 Å². The molecule has 64 heavy (non-hydrogen) atoms. The molecule has 0 spiro atoms. The van der Waals surface area contributed by atoms with Crippen molar-refractivity contribution in [3.05, 3.63) is 258 Å². The number of benzene rings is 9. The van der Waals surface area contributed by atoms with Crippen LogP contribution in [-0.2, 0) is 16.2 Å². The zero-order valence-electron chi connectivity index (χ0n) is 37.2. The van der Waals surface area contributed by atoms with Crippen molar-refractivity contribution in [1.29, 1.82) is 0 Å². The van der Waals surface area contributed by atoms with E-state index in [0.717, 1.165) is 17.1 Å². The first-order valence-electron chi connectivity index (χ1n) is 22.9. The number of rotatable bonds is 8. The molecule has 2 aliphatic carbocycles. The number of nitrogens with zero attached hydrogens (tertiary/aromatic N) is 1. The summed E-state index contributed by atoms with van der Waals surface area (Å²) >= 11 is 0. The Hall–Kier alpha value is -7.22. The van der Waals surface area contributed by atoms with E-state index in [9.17, 15) is 0 Å². The van der Waals surface area contributed by atoms with Crippen LogP contribution in [-0.4, -0.2) is 0 Å². The maximum atomic E-state index is 2.52. The number of fused-ring (bicyclic) bond motifs is 4. The molecule has 1 nitrogen and oxygen atoms in total. The molecule has 0 heterocycles. The molecule has 0 aliphatic heterocycles. The van der Waals surface area contributed by atoms with E-state index in [1.165, 1.54) is 90.7 Å². The molecule has 0 radical (unpaired) electrons. The summed E-state index contributed by atoms with van der Waals surface area (Å²) in [5.74, 6) is 0. The molecule has 9 aromatic rings. The Bertz CT molecular complexity index is 3070. The molecule has 0 bridgehead atoms. The van der Waals surface area contributed by atoms with E-state index in [2.05, 4.69) is 257 Å². The van der Waals surface area contributed by atoms with Crippen LogP contribution >= 0.6 is 0 Å². The highest BCUT2D eigenvalue weighted by Crippen LogP contribution is 2.59. The fourth-order valence-corrected chi connectivity index (χ4v) is 10.9. The highest BCUT2D eigenvalue weighted by molar-refractivity contribution is 5.97. The van der Waals surface area contributed by atoms with Gasteiger partial charge in [0.2, 0.25) is 0 Å². The number of hydrogen-bond donors (Lipinski definition) is 0. The van der Waals surface area contributed by atoms with Crippen molar-refractivity contribution in [3.8, 4) is 44.5 Å². The molecule has 11 rings (SSSR count). The molecule has 0 atom stereocenters. The Labute approximate surface area is 379 Å². The predicted octanol–water partition coefficient (Wildman–Crippen LogP) is 16.9. The summed E-state index contributed by atoms with van der Waals surface area (Å²) in [4.78, 5) is 2.47. The van der Waals surface area contributed by atoms with E-state index >= 15 is 0 Å². The van der Waals surface area contributed by atoms with Crippen molar-refractivity contribution in [3.63, 3.8) is 0 Å². The van der Waals surface area contributed by atoms with Crippen molar-refractivity contribution < 1.29 is 0 Å². The summed E-state index contributed by atoms with van der Waals surface area (Å²) in [6, 6.07) is 83.6. The van der Waals surface area contributed by atoms with E-state index in [-0.39, 0.29) is 10.8 Å². The molecule has 0 N–H and O–H groups in total. The van der Waals surface area contributed by atoms with Crippen molar-refractivity contribution in [2.24, 2.45) is 0 Å². The molecule has 0 aromatic heterocycles. The molecule has 2 aliphatic rings. The zero-order valence-corrected chi connectivity index (χ0v) is 37.2. The third-order valence-corrected chi connectivity index (χ3v) is 14.4. The minimum atomic E-state index is -0.542. The maximum Gasteiger partial charge on any atom is 0.0714 e. The largest absolute Gasteiger partial charge is 0.310 e. The lowest BCUT2D eigenvalue weighted by molar-refractivity contribution is 0.332. The minimum Gasteiger partial charge on any atom is -0.310 e. The first-order chi connectivity index (χ1) is 31.2. The van der Waals surface area contributed by atoms with Crippen LogP contribution in [0.1, 0.15) is 73.9 Å². The van der Waals surface area contributed by atoms with E-state index in [4.69, 9.17) is 0 Å². The van der Waals surface area contributed by atoms with Gasteiger partial charge in [0.1, 0.15) is 0 Å². The fourth-order valence-electron chi connectivity index (χ4n) is 10.9. The van der Waals surface area contributed by atoms with Gasteiger partial charge in [-0.25, -0.2) is 0 Å². The molecule has 0 saturated carbocycles. The van der Waals surface area contributed by atoms with Crippen LogP contribution < -0.4 is 4.90 Å². The summed E-state index contributed by atoms with van der Waals surface area (Å²) < 4.78 is 0. The number of para-hydroxylation sites is 1. The molecule has 0 fully saturated rings. The predicted molar refractivity (Wildman–Crippen MR) is 270 cm³/mol. The van der Waals surface area contributed by atoms with E-state index < -0.39 is 5.41 Å². The fraction of sp³-hybridized carbons (Fsp3) is 0.143. The monoisotopic (exact) mass is 823 g/mol. The maximum absolute atomic E-state index is 2.52. The normalized spacial score (nSPS) is 15.1. The average Bonchev–Trinajstić information content (AvgIpc) is 3.64. The van der Waals surface area contributed by atoms with E-state index in [1.54, 1.807) is 0 Å². The highest BCUT2D eigenvalue weighted by Gasteiger charge is 2.47. The Morgan fingerprint density at radius 3 is 1.42 bits per heavy atom. The van der Waals surface area contributed by atoms with Gasteiger partial charge in [0, 0.05) is 16.9 Å². The van der Waals surface area contributed by atoms with Gasteiger partial charge in [-0.3, -0.25) is 0 Å². The Morgan fingerprint density at radius 2 is 0.781 bits per heavy atom. The lowest BCUT2D eigenvalue weighted by Crippen LogP contribution is -2.33. The van der Waals surface area contributed by atoms with Gasteiger partial charge in [0.25, 0.3) is 0 Å². The number of anilines is 3. The quantitative estimate of drug-likeness (QED) is 0.148. The zero-order chi connectivity index (χ0) is 43.5. The van der Waals surface area contributed by atoms with Crippen LogP contribution in [0.25, 0.3) is 44.5 Å². The number of hydrogen-bond acceptors (Lipinski definition) is 1. The van der Waals surface area contributed by atoms with Crippen LogP contribution in [0.15, 0.2) is 224 Å². The highest BCUT2D eigenvalue weighted by atomic mass is 15.1. The summed E-state index contributed by atoms with van der Waals surface area (Å²) in [5, 5.41) is 0. The molecule has 0 amide bonds. The molecular weight excluding hydrogens is 771 g/mol. The van der Waals surface area contributed by atoms with Crippen LogP contribution in [0.5, 0.6) is 0 Å². The second-order valence-corrected chi connectivity index (χ2v) is 19.1. The lowest BCUT2D eigenvalue weighted by atomic mass is 9.63. The Balaban J connectivity index is 1.16. The first kappa shape index (κ1) is 39.6. The third kappa shape index (κ3) is 6.53. The molecule has 310 valence electrons. The lowest BCUT2D eigenvalue weighted by Gasteiger charge is -2.42. The van der Waals surface area contributed by atoms with Crippen molar-refractivity contribution in [2.45, 2.75) is 56.8 Å². The third-order valence-electron chi connectivity index (χ3n) is 14.4. The summed E-state index contributed by atoms with van der Waals surface area (Å²) in [6.07, 6.45) is 2.41. The molecule has 0 saturated heterocycles. The van der Waals surface area contributed by atoms with Gasteiger partial charge in [-0.15, -0.1) is 0 Å². The Morgan fingerprint density at radius 1 is 0.312 bits per heavy atom. The van der Waals surface area contributed by atoms with E-state index in [1.807, 2.05) is 0 Å². The standard InChI is InChI=1S/C63H53N/c1-61(2)39-40-62(3,4)59-41-48(35-38-57(59)61)46-29-31-47(32-30-46)54-42-55-53-27-17-18-28-56(53)63(49-21-11-6-12-22-49,50-23-13-7-14-24-50)58(55)43-60(54)64(51-25-15-8-16-26-51)52-36-33-45(34-37-52)44-19-9-5-10-20-44/h5-38,41-43H,39-40H2,1-4H3. The van der Waals surface area contributed by atoms with Crippen LogP contribution in [0, 0.1) is 0 Å². The van der Waals surface area contributed by atoms with Gasteiger partial charge in [-0.1, -0.05) is 216 Å². The minimum absolute atomic E-state index is 0.144. The summed E-state index contributed by atoms with van der Waals surface area (Å²) in [6.45, 7) is 9.64. The van der Waals surface area contributed by atoms with Crippen molar-refractivity contribution >= 4 is 17.1 Å². The first-order valence-corrected chi connectivity index (χ1v) is 22.9. The second kappa shape index (κ2) is 15.5. The summed E-state index contributed by atoms with van der Waals surface area (Å²) in [5.41, 5.74) is 21.0. The Kier molecular flexibility index (Phi) is 9.62. The SMILES string of the molecule is CC1(C)CCC(C)(C)c2cc(-c3ccc(-c4cc5c(cc4N(c4ccccc4)c4ccc(-c6ccccc6)cc4)C(c4ccccc4)(c4ccccc4)c4ccccc4-5)cc3)ccc21. The van der Waals surface area contributed by atoms with Crippen LogP contribution in [0.2, 0.25) is 0 Å². The second-order valence-electron chi connectivity index (χ2n) is 19.1. The van der Waals surface area contributed by atoms with Gasteiger partial charge in [-0.2, -0.15) is 0 Å². The molecule has 9 aromatic carbocycles. The van der Waals surface area contributed by atoms with Gasteiger partial charge >= 0.3 is 0 Å². The summed E-state index contributed by atoms with van der Waals surface area (Å²) in [7, 11) is 0.